The van der Waals surface area contributed by atoms with Crippen molar-refractivity contribution in [3.8, 4) is 5.69 Å². The molecule has 0 spiro atoms. The van der Waals surface area contributed by atoms with Gasteiger partial charge >= 0.3 is 0 Å². The fourth-order valence-corrected chi connectivity index (χ4v) is 4.09. The van der Waals surface area contributed by atoms with Gasteiger partial charge in [-0.2, -0.15) is 5.10 Å². The molecule has 0 bridgehead atoms. The average Bonchev–Trinajstić information content (AvgIpc) is 3.35. The Balaban J connectivity index is 1.56. The lowest BCUT2D eigenvalue weighted by Gasteiger charge is -2.22. The lowest BCUT2D eigenvalue weighted by molar-refractivity contribution is -0.115. The molecule has 1 amide bonds. The van der Waals surface area contributed by atoms with Gasteiger partial charge in [0.25, 0.3) is 0 Å². The minimum Gasteiger partial charge on any atom is -0.370 e. The van der Waals surface area contributed by atoms with Crippen LogP contribution in [-0.4, -0.2) is 28.8 Å². The van der Waals surface area contributed by atoms with Crippen LogP contribution in [0.4, 0.5) is 15.8 Å². The molecule has 156 valence electrons. The SMILES string of the molecule is Cc1nn(-c2ccc(Cl)cc2)c(C)c1CC(=O)Nc1c(F)cccc1N1CCCC1. The molecule has 0 radical (unpaired) electrons. The number of nitrogens with one attached hydrogen (secondary N) is 1. The second kappa shape index (κ2) is 8.48. The van der Waals surface area contributed by atoms with E-state index < -0.39 is 5.82 Å². The van der Waals surface area contributed by atoms with Crippen LogP contribution in [0.5, 0.6) is 0 Å². The van der Waals surface area contributed by atoms with E-state index in [4.69, 9.17) is 11.6 Å². The number of carbonyl (C=O) groups excluding carboxylic acids is 1. The van der Waals surface area contributed by atoms with Crippen LogP contribution < -0.4 is 10.2 Å². The quantitative estimate of drug-likeness (QED) is 0.620. The first-order valence-electron chi connectivity index (χ1n) is 10.1. The molecule has 2 aromatic carbocycles. The highest BCUT2D eigenvalue weighted by Gasteiger charge is 2.21. The highest BCUT2D eigenvalue weighted by Crippen LogP contribution is 2.31. The summed E-state index contributed by atoms with van der Waals surface area (Å²) in [7, 11) is 0. The van der Waals surface area contributed by atoms with Crippen LogP contribution in [0.15, 0.2) is 42.5 Å². The Morgan fingerprint density at radius 2 is 1.83 bits per heavy atom. The predicted octanol–water partition coefficient (Wildman–Crippen LogP) is 5.06. The number of aryl methyl sites for hydroxylation is 1. The molecular weight excluding hydrogens is 403 g/mol. The van der Waals surface area contributed by atoms with Gasteiger partial charge in [0, 0.05) is 29.4 Å². The zero-order chi connectivity index (χ0) is 21.3. The number of hydrogen-bond acceptors (Lipinski definition) is 3. The van der Waals surface area contributed by atoms with Gasteiger partial charge in [0.05, 0.1) is 23.5 Å². The van der Waals surface area contributed by atoms with Crippen molar-refractivity contribution in [2.24, 2.45) is 0 Å². The number of hydrogen-bond donors (Lipinski definition) is 1. The summed E-state index contributed by atoms with van der Waals surface area (Å²) in [5, 5.41) is 8.04. The summed E-state index contributed by atoms with van der Waals surface area (Å²) in [5.41, 5.74) is 4.35. The summed E-state index contributed by atoms with van der Waals surface area (Å²) in [6, 6.07) is 12.3. The number of halogens is 2. The lowest BCUT2D eigenvalue weighted by Crippen LogP contribution is -2.23. The van der Waals surface area contributed by atoms with Crippen molar-refractivity contribution in [1.82, 2.24) is 9.78 Å². The highest BCUT2D eigenvalue weighted by molar-refractivity contribution is 6.30. The summed E-state index contributed by atoms with van der Waals surface area (Å²) >= 11 is 5.98. The van der Waals surface area contributed by atoms with Crippen LogP contribution in [0, 0.1) is 19.7 Å². The Kier molecular flexibility index (Phi) is 5.77. The first kappa shape index (κ1) is 20.4. The van der Waals surface area contributed by atoms with Crippen molar-refractivity contribution in [2.45, 2.75) is 33.1 Å². The highest BCUT2D eigenvalue weighted by atomic mass is 35.5. The van der Waals surface area contributed by atoms with E-state index in [0.717, 1.165) is 54.3 Å². The number of para-hydroxylation sites is 1. The average molecular weight is 427 g/mol. The maximum atomic E-state index is 14.6. The van der Waals surface area contributed by atoms with E-state index in [9.17, 15) is 9.18 Å². The van der Waals surface area contributed by atoms with Gasteiger partial charge in [0.15, 0.2) is 0 Å². The van der Waals surface area contributed by atoms with Crippen molar-refractivity contribution in [3.63, 3.8) is 0 Å². The number of anilines is 2. The Bertz CT molecular complexity index is 1070. The Morgan fingerprint density at radius 1 is 1.13 bits per heavy atom. The number of carbonyl (C=O) groups is 1. The summed E-state index contributed by atoms with van der Waals surface area (Å²) < 4.78 is 16.3. The first-order chi connectivity index (χ1) is 14.4. The maximum Gasteiger partial charge on any atom is 0.229 e. The van der Waals surface area contributed by atoms with Crippen LogP contribution in [0.2, 0.25) is 5.02 Å². The van der Waals surface area contributed by atoms with E-state index in [0.29, 0.717) is 5.02 Å². The normalized spacial score (nSPS) is 13.7. The summed E-state index contributed by atoms with van der Waals surface area (Å²) in [6.07, 6.45) is 2.28. The summed E-state index contributed by atoms with van der Waals surface area (Å²) in [6.45, 7) is 5.55. The zero-order valence-electron chi connectivity index (χ0n) is 17.1. The van der Waals surface area contributed by atoms with E-state index >= 15 is 0 Å². The molecule has 30 heavy (non-hydrogen) atoms. The minimum absolute atomic E-state index is 0.124. The molecule has 4 rings (SSSR count). The van der Waals surface area contributed by atoms with E-state index in [-0.39, 0.29) is 18.0 Å². The third-order valence-corrected chi connectivity index (χ3v) is 5.80. The van der Waals surface area contributed by atoms with E-state index in [2.05, 4.69) is 15.3 Å². The topological polar surface area (TPSA) is 50.2 Å². The Morgan fingerprint density at radius 3 is 2.53 bits per heavy atom. The van der Waals surface area contributed by atoms with E-state index in [1.54, 1.807) is 22.9 Å². The van der Waals surface area contributed by atoms with Crippen molar-refractivity contribution in [2.75, 3.05) is 23.3 Å². The van der Waals surface area contributed by atoms with Crippen LogP contribution >= 0.6 is 11.6 Å². The van der Waals surface area contributed by atoms with E-state index in [1.807, 2.05) is 32.0 Å². The minimum atomic E-state index is -0.418. The Hall–Kier alpha value is -2.86. The molecule has 0 unspecified atom stereocenters. The molecule has 1 saturated heterocycles. The molecule has 1 aliphatic heterocycles. The molecule has 0 atom stereocenters. The van der Waals surface area contributed by atoms with Crippen LogP contribution in [-0.2, 0) is 11.2 Å². The fraction of sp³-hybridized carbons (Fsp3) is 0.304. The van der Waals surface area contributed by atoms with Gasteiger partial charge in [-0.15, -0.1) is 0 Å². The van der Waals surface area contributed by atoms with Gasteiger partial charge in [-0.25, -0.2) is 9.07 Å². The molecule has 0 saturated carbocycles. The largest absolute Gasteiger partial charge is 0.370 e. The molecule has 0 aliphatic carbocycles. The standard InChI is InChI=1S/C23H24ClFN4O/c1-15-19(16(2)29(27-15)18-10-8-17(24)9-11-18)14-22(30)26-23-20(25)6-5-7-21(23)28-12-3-4-13-28/h5-11H,3-4,12-14H2,1-2H3,(H,26,30). The molecule has 1 fully saturated rings. The molecular formula is C23H24ClFN4O. The van der Waals surface area contributed by atoms with Crippen molar-refractivity contribution < 1.29 is 9.18 Å². The van der Waals surface area contributed by atoms with Crippen LogP contribution in [0.25, 0.3) is 5.69 Å². The second-order valence-electron chi connectivity index (χ2n) is 7.59. The summed E-state index contributed by atoms with van der Waals surface area (Å²) in [4.78, 5) is 15.0. The predicted molar refractivity (Wildman–Crippen MR) is 118 cm³/mol. The van der Waals surface area contributed by atoms with Crippen LogP contribution in [0.1, 0.15) is 29.8 Å². The monoisotopic (exact) mass is 426 g/mol. The maximum absolute atomic E-state index is 14.6. The summed E-state index contributed by atoms with van der Waals surface area (Å²) in [5.74, 6) is -0.680. The van der Waals surface area contributed by atoms with Gasteiger partial charge in [0.1, 0.15) is 11.5 Å². The Labute approximate surface area is 180 Å². The molecule has 1 N–H and O–H groups in total. The van der Waals surface area contributed by atoms with Crippen LogP contribution in [0.3, 0.4) is 0 Å². The van der Waals surface area contributed by atoms with Gasteiger partial charge in [-0.05, 0) is 63.1 Å². The third kappa shape index (κ3) is 4.05. The fourth-order valence-electron chi connectivity index (χ4n) is 3.97. The third-order valence-electron chi connectivity index (χ3n) is 5.55. The zero-order valence-corrected chi connectivity index (χ0v) is 17.8. The number of amides is 1. The molecule has 1 aromatic heterocycles. The second-order valence-corrected chi connectivity index (χ2v) is 8.03. The molecule has 7 heteroatoms. The van der Waals surface area contributed by atoms with Crippen molar-refractivity contribution >= 4 is 28.9 Å². The molecule has 2 heterocycles. The van der Waals surface area contributed by atoms with Gasteiger partial charge in [-0.3, -0.25) is 4.79 Å². The van der Waals surface area contributed by atoms with Gasteiger partial charge in [-0.1, -0.05) is 17.7 Å². The first-order valence-corrected chi connectivity index (χ1v) is 10.5. The number of nitrogens with zero attached hydrogens (tertiary/aromatic N) is 3. The number of rotatable bonds is 5. The molecule has 3 aromatic rings. The smallest absolute Gasteiger partial charge is 0.229 e. The molecule has 5 nitrogen and oxygen atoms in total. The molecule has 1 aliphatic rings. The lowest BCUT2D eigenvalue weighted by atomic mass is 10.1. The number of aromatic nitrogens is 2. The van der Waals surface area contributed by atoms with Crippen molar-refractivity contribution in [1.29, 1.82) is 0 Å². The number of benzene rings is 2. The van der Waals surface area contributed by atoms with Gasteiger partial charge in [0.2, 0.25) is 5.91 Å². The van der Waals surface area contributed by atoms with E-state index in [1.165, 1.54) is 6.07 Å². The van der Waals surface area contributed by atoms with Crippen molar-refractivity contribution in [3.05, 3.63) is 70.3 Å². The van der Waals surface area contributed by atoms with Gasteiger partial charge < -0.3 is 10.2 Å².